The first kappa shape index (κ1) is 12.7. The summed E-state index contributed by atoms with van der Waals surface area (Å²) in [7, 11) is 0. The summed E-state index contributed by atoms with van der Waals surface area (Å²) in [5, 5.41) is 2.03. The molecule has 0 atom stereocenters. The van der Waals surface area contributed by atoms with E-state index in [1.54, 1.807) is 6.07 Å². The molecule has 1 heterocycles. The van der Waals surface area contributed by atoms with Crippen LogP contribution in [0.1, 0.15) is 21.5 Å². The number of cyclic esters (lactones) is 1. The van der Waals surface area contributed by atoms with E-state index in [0.717, 1.165) is 27.6 Å². The lowest BCUT2D eigenvalue weighted by molar-refractivity contribution is 0.0717. The lowest BCUT2D eigenvalue weighted by atomic mass is 10.0. The van der Waals surface area contributed by atoms with Crippen molar-refractivity contribution in [3.05, 3.63) is 77.4 Å². The molecule has 0 saturated carbocycles. The van der Waals surface area contributed by atoms with Crippen molar-refractivity contribution < 1.29 is 9.53 Å². The number of hydrogen-bond acceptors (Lipinski definition) is 3. The third kappa shape index (κ3) is 1.87. The predicted octanol–water partition coefficient (Wildman–Crippen LogP) is 4.09. The predicted molar refractivity (Wildman–Crippen MR) is 88.1 cm³/mol. The minimum atomic E-state index is -0.304. The average molecular weight is 287 g/mol. The number of nitrogen functional groups attached to an aromatic ring is 1. The molecule has 3 nitrogen and oxygen atoms in total. The Labute approximate surface area is 127 Å². The first-order valence-corrected chi connectivity index (χ1v) is 7.04. The van der Waals surface area contributed by atoms with Crippen LogP contribution in [0.5, 0.6) is 0 Å². The highest BCUT2D eigenvalue weighted by Gasteiger charge is 2.25. The maximum absolute atomic E-state index is 11.9. The first-order chi connectivity index (χ1) is 10.7. The highest BCUT2D eigenvalue weighted by molar-refractivity contribution is 6.07. The SMILES string of the molecule is Nc1ccc(C=C2OC(=O)c3ccccc32)c2ccccc12. The number of nitrogens with two attached hydrogens (primary N) is 1. The number of ether oxygens (including phenoxy) is 1. The number of fused-ring (bicyclic) bond motifs is 2. The van der Waals surface area contributed by atoms with E-state index in [-0.39, 0.29) is 5.97 Å². The highest BCUT2D eigenvalue weighted by Crippen LogP contribution is 2.33. The molecule has 1 aliphatic rings. The summed E-state index contributed by atoms with van der Waals surface area (Å²) in [4.78, 5) is 11.9. The minimum absolute atomic E-state index is 0.304. The Morgan fingerprint density at radius 2 is 1.50 bits per heavy atom. The van der Waals surface area contributed by atoms with Crippen LogP contribution in [-0.4, -0.2) is 5.97 Å². The molecule has 0 bridgehead atoms. The van der Waals surface area contributed by atoms with E-state index < -0.39 is 0 Å². The van der Waals surface area contributed by atoms with E-state index >= 15 is 0 Å². The van der Waals surface area contributed by atoms with Crippen LogP contribution >= 0.6 is 0 Å². The van der Waals surface area contributed by atoms with Gasteiger partial charge in [-0.3, -0.25) is 0 Å². The number of esters is 1. The topological polar surface area (TPSA) is 52.3 Å². The maximum Gasteiger partial charge on any atom is 0.344 e. The zero-order chi connectivity index (χ0) is 15.1. The first-order valence-electron chi connectivity index (χ1n) is 7.04. The number of carbonyl (C=O) groups is 1. The summed E-state index contributed by atoms with van der Waals surface area (Å²) in [6, 6.07) is 19.2. The summed E-state index contributed by atoms with van der Waals surface area (Å²) >= 11 is 0. The average Bonchev–Trinajstić information content (AvgIpc) is 2.87. The third-order valence-corrected chi connectivity index (χ3v) is 3.89. The van der Waals surface area contributed by atoms with Crippen molar-refractivity contribution in [1.82, 2.24) is 0 Å². The van der Waals surface area contributed by atoms with Gasteiger partial charge < -0.3 is 10.5 Å². The Balaban J connectivity index is 1.92. The Bertz CT molecular complexity index is 941. The van der Waals surface area contributed by atoms with Crippen LogP contribution in [0.15, 0.2) is 60.7 Å². The van der Waals surface area contributed by atoms with E-state index in [4.69, 9.17) is 10.5 Å². The zero-order valence-corrected chi connectivity index (χ0v) is 11.7. The number of hydrogen-bond donors (Lipinski definition) is 1. The summed E-state index contributed by atoms with van der Waals surface area (Å²) in [6.07, 6.45) is 1.89. The molecular formula is C19H13NO2. The highest BCUT2D eigenvalue weighted by atomic mass is 16.5. The van der Waals surface area contributed by atoms with Crippen LogP contribution < -0.4 is 5.73 Å². The Kier molecular flexibility index (Phi) is 2.73. The van der Waals surface area contributed by atoms with Crippen molar-refractivity contribution in [3.8, 4) is 0 Å². The fourth-order valence-electron chi connectivity index (χ4n) is 2.81. The summed E-state index contributed by atoms with van der Waals surface area (Å²) in [5.41, 5.74) is 9.17. The summed E-state index contributed by atoms with van der Waals surface area (Å²) in [5.74, 6) is 0.275. The monoisotopic (exact) mass is 287 g/mol. The molecule has 3 aromatic rings. The minimum Gasteiger partial charge on any atom is -0.422 e. The van der Waals surface area contributed by atoms with Gasteiger partial charge in [0.25, 0.3) is 0 Å². The largest absolute Gasteiger partial charge is 0.422 e. The fraction of sp³-hybridized carbons (Fsp3) is 0. The van der Waals surface area contributed by atoms with E-state index in [1.165, 1.54) is 0 Å². The number of rotatable bonds is 1. The number of benzene rings is 3. The Morgan fingerprint density at radius 3 is 2.32 bits per heavy atom. The zero-order valence-electron chi connectivity index (χ0n) is 11.7. The van der Waals surface area contributed by atoms with E-state index in [0.29, 0.717) is 11.3 Å². The molecule has 3 aromatic carbocycles. The van der Waals surface area contributed by atoms with Crippen molar-refractivity contribution in [2.24, 2.45) is 0 Å². The van der Waals surface area contributed by atoms with Crippen molar-refractivity contribution in [2.75, 3.05) is 5.73 Å². The van der Waals surface area contributed by atoms with Gasteiger partial charge in [-0.15, -0.1) is 0 Å². The van der Waals surface area contributed by atoms with Crippen LogP contribution in [0.2, 0.25) is 0 Å². The fourth-order valence-corrected chi connectivity index (χ4v) is 2.81. The third-order valence-electron chi connectivity index (χ3n) is 3.89. The second-order valence-electron chi connectivity index (χ2n) is 5.23. The molecule has 0 radical (unpaired) electrons. The van der Waals surface area contributed by atoms with Crippen molar-refractivity contribution in [3.63, 3.8) is 0 Å². The Morgan fingerprint density at radius 1 is 0.818 bits per heavy atom. The van der Waals surface area contributed by atoms with Gasteiger partial charge >= 0.3 is 5.97 Å². The Hall–Kier alpha value is -3.07. The van der Waals surface area contributed by atoms with E-state index in [2.05, 4.69) is 0 Å². The molecule has 0 aliphatic carbocycles. The van der Waals surface area contributed by atoms with Crippen LogP contribution in [0, 0.1) is 0 Å². The van der Waals surface area contributed by atoms with Gasteiger partial charge in [-0.2, -0.15) is 0 Å². The molecule has 1 aliphatic heterocycles. The molecule has 0 fully saturated rings. The van der Waals surface area contributed by atoms with Crippen LogP contribution in [0.4, 0.5) is 5.69 Å². The quantitative estimate of drug-likeness (QED) is 0.541. The summed E-state index contributed by atoms with van der Waals surface area (Å²) in [6.45, 7) is 0. The smallest absolute Gasteiger partial charge is 0.344 e. The van der Waals surface area contributed by atoms with Crippen LogP contribution in [0.25, 0.3) is 22.6 Å². The van der Waals surface area contributed by atoms with Gasteiger partial charge in [-0.05, 0) is 29.2 Å². The second kappa shape index (κ2) is 4.74. The summed E-state index contributed by atoms with van der Waals surface area (Å²) < 4.78 is 5.41. The van der Waals surface area contributed by atoms with Gasteiger partial charge in [-0.25, -0.2) is 4.79 Å². The number of carbonyl (C=O) groups excluding carboxylic acids is 1. The molecule has 3 heteroatoms. The maximum atomic E-state index is 11.9. The van der Waals surface area contributed by atoms with E-state index in [9.17, 15) is 4.79 Å². The van der Waals surface area contributed by atoms with Crippen molar-refractivity contribution >= 4 is 34.3 Å². The second-order valence-corrected chi connectivity index (χ2v) is 5.23. The molecule has 4 rings (SSSR count). The molecule has 22 heavy (non-hydrogen) atoms. The molecule has 2 N–H and O–H groups in total. The molecule has 106 valence electrons. The van der Waals surface area contributed by atoms with Crippen molar-refractivity contribution in [1.29, 1.82) is 0 Å². The molecule has 0 amide bonds. The molecule has 0 aromatic heterocycles. The van der Waals surface area contributed by atoms with Crippen LogP contribution in [-0.2, 0) is 4.74 Å². The van der Waals surface area contributed by atoms with Gasteiger partial charge in [0.15, 0.2) is 0 Å². The standard InChI is InChI=1S/C19H13NO2/c20-17-10-9-12(13-5-1-2-6-14(13)17)11-18-15-7-3-4-8-16(15)19(21)22-18/h1-11H,20H2. The molecule has 0 spiro atoms. The molecular weight excluding hydrogens is 274 g/mol. The number of anilines is 1. The molecule has 0 unspecified atom stereocenters. The van der Waals surface area contributed by atoms with Gasteiger partial charge in [0, 0.05) is 16.6 Å². The van der Waals surface area contributed by atoms with Gasteiger partial charge in [0.1, 0.15) is 5.76 Å². The van der Waals surface area contributed by atoms with Gasteiger partial charge in [0.2, 0.25) is 0 Å². The lowest BCUT2D eigenvalue weighted by Crippen LogP contribution is -1.92. The van der Waals surface area contributed by atoms with Gasteiger partial charge in [0.05, 0.1) is 5.56 Å². The normalized spacial score (nSPS) is 15.1. The van der Waals surface area contributed by atoms with E-state index in [1.807, 2.05) is 60.7 Å². The van der Waals surface area contributed by atoms with Gasteiger partial charge in [-0.1, -0.05) is 48.5 Å². The van der Waals surface area contributed by atoms with Crippen molar-refractivity contribution in [2.45, 2.75) is 0 Å². The lowest BCUT2D eigenvalue weighted by Gasteiger charge is -2.06. The molecule has 0 saturated heterocycles. The van der Waals surface area contributed by atoms with Crippen LogP contribution in [0.3, 0.4) is 0 Å².